The molecule has 0 aliphatic carbocycles. The van der Waals surface area contributed by atoms with Crippen molar-refractivity contribution < 1.29 is 17.9 Å². The third-order valence-corrected chi connectivity index (χ3v) is 8.29. The van der Waals surface area contributed by atoms with Gasteiger partial charge < -0.3 is 15.0 Å². The number of aromatic amines is 1. The summed E-state index contributed by atoms with van der Waals surface area (Å²) < 4.78 is 34.1. The second kappa shape index (κ2) is 10.2. The summed E-state index contributed by atoms with van der Waals surface area (Å²) in [4.78, 5) is 20.3. The summed E-state index contributed by atoms with van der Waals surface area (Å²) in [5.74, 6) is 0.764. The number of nitrogens with one attached hydrogen (secondary N) is 2. The van der Waals surface area contributed by atoms with Gasteiger partial charge in [-0.2, -0.15) is 0 Å². The topological polar surface area (TPSA) is 104 Å². The van der Waals surface area contributed by atoms with Crippen molar-refractivity contribution in [2.24, 2.45) is 0 Å². The van der Waals surface area contributed by atoms with Crippen LogP contribution in [0.15, 0.2) is 77.7 Å². The van der Waals surface area contributed by atoms with Gasteiger partial charge >= 0.3 is 6.09 Å². The summed E-state index contributed by atoms with van der Waals surface area (Å²) in [5.41, 5.74) is 3.34. The number of alkyl carbamates (subject to hydrolysis) is 1. The van der Waals surface area contributed by atoms with Gasteiger partial charge in [0.05, 0.1) is 27.7 Å². The minimum absolute atomic E-state index is 0.0718. The molecule has 1 amide bonds. The van der Waals surface area contributed by atoms with Crippen molar-refractivity contribution in [2.75, 3.05) is 17.5 Å². The Labute approximate surface area is 214 Å². The molecule has 4 aromatic rings. The number of fused-ring (bicyclic) bond motifs is 2. The van der Waals surface area contributed by atoms with Crippen molar-refractivity contribution in [3.63, 3.8) is 0 Å². The van der Waals surface area contributed by atoms with E-state index in [1.54, 1.807) is 24.3 Å². The monoisotopic (exact) mass is 524 g/mol. The minimum atomic E-state index is -3.90. The number of amides is 1. The highest BCUT2D eigenvalue weighted by Crippen LogP contribution is 2.35. The molecule has 1 atom stereocenters. The van der Waals surface area contributed by atoms with Crippen molar-refractivity contribution in [1.82, 2.24) is 15.3 Å². The van der Waals surface area contributed by atoms with Crippen LogP contribution in [0.2, 0.25) is 5.02 Å². The molecule has 0 bridgehead atoms. The Kier molecular flexibility index (Phi) is 6.84. The van der Waals surface area contributed by atoms with Crippen LogP contribution < -0.4 is 9.62 Å². The molecule has 0 saturated carbocycles. The maximum absolute atomic E-state index is 13.6. The van der Waals surface area contributed by atoms with Crippen molar-refractivity contribution in [3.05, 3.63) is 89.2 Å². The van der Waals surface area contributed by atoms with Crippen LogP contribution in [0.1, 0.15) is 17.8 Å². The fraction of sp³-hybridized carbons (Fsp3) is 0.231. The lowest BCUT2D eigenvalue weighted by molar-refractivity contribution is 0.138. The summed E-state index contributed by atoms with van der Waals surface area (Å²) in [6, 6.07) is 20.6. The number of aromatic nitrogens is 2. The second-order valence-electron chi connectivity index (χ2n) is 8.55. The summed E-state index contributed by atoms with van der Waals surface area (Å²) in [5, 5.41) is 3.17. The molecule has 2 N–H and O–H groups in total. The van der Waals surface area contributed by atoms with E-state index < -0.39 is 22.2 Å². The number of imidazole rings is 1. The second-order valence-corrected chi connectivity index (χ2v) is 10.8. The first-order valence-electron chi connectivity index (χ1n) is 11.6. The molecule has 1 aliphatic heterocycles. The lowest BCUT2D eigenvalue weighted by Crippen LogP contribution is -2.47. The Bertz CT molecular complexity index is 1450. The highest BCUT2D eigenvalue weighted by atomic mass is 35.5. The van der Waals surface area contributed by atoms with Crippen LogP contribution in [0.5, 0.6) is 0 Å². The van der Waals surface area contributed by atoms with Crippen molar-refractivity contribution in [2.45, 2.75) is 30.2 Å². The molecule has 0 spiro atoms. The minimum Gasteiger partial charge on any atom is -0.447 e. The first-order chi connectivity index (χ1) is 17.4. The van der Waals surface area contributed by atoms with Crippen LogP contribution in [-0.2, 0) is 27.6 Å². The van der Waals surface area contributed by atoms with E-state index in [1.807, 2.05) is 36.4 Å². The molecule has 1 aliphatic rings. The molecular weight excluding hydrogens is 500 g/mol. The number of carbonyl (C=O) groups is 1. The first-order valence-corrected chi connectivity index (χ1v) is 13.5. The highest BCUT2D eigenvalue weighted by Gasteiger charge is 2.36. The number of halogens is 1. The number of rotatable bonds is 7. The van der Waals surface area contributed by atoms with Crippen LogP contribution >= 0.6 is 11.6 Å². The molecular formula is C26H25ClN4O4S. The van der Waals surface area contributed by atoms with E-state index >= 15 is 0 Å². The lowest BCUT2D eigenvalue weighted by atomic mass is 9.98. The maximum atomic E-state index is 13.6. The molecule has 0 radical (unpaired) electrons. The van der Waals surface area contributed by atoms with Crippen LogP contribution in [0.4, 0.5) is 10.5 Å². The largest absolute Gasteiger partial charge is 0.447 e. The van der Waals surface area contributed by atoms with E-state index in [-0.39, 0.29) is 11.5 Å². The van der Waals surface area contributed by atoms with Gasteiger partial charge in [-0.1, -0.05) is 41.9 Å². The fourth-order valence-electron chi connectivity index (χ4n) is 4.40. The number of aryl methyl sites for hydroxylation is 1. The van der Waals surface area contributed by atoms with Crippen LogP contribution in [0.25, 0.3) is 11.0 Å². The molecule has 2 heterocycles. The average molecular weight is 525 g/mol. The molecule has 0 saturated heterocycles. The Morgan fingerprint density at radius 3 is 2.64 bits per heavy atom. The molecule has 1 aromatic heterocycles. The molecule has 1 unspecified atom stereocenters. The number of hydrogen-bond donors (Lipinski definition) is 2. The van der Waals surface area contributed by atoms with Gasteiger partial charge in [-0.15, -0.1) is 0 Å². The van der Waals surface area contributed by atoms with Crippen LogP contribution in [0.3, 0.4) is 0 Å². The third-order valence-electron chi connectivity index (χ3n) is 6.15. The predicted octanol–water partition coefficient (Wildman–Crippen LogP) is 4.70. The number of carbonyl (C=O) groups excluding carboxylic acids is 1. The normalized spacial score (nSPS) is 15.5. The van der Waals surface area contributed by atoms with E-state index in [9.17, 15) is 13.2 Å². The lowest BCUT2D eigenvalue weighted by Gasteiger charge is -2.37. The maximum Gasteiger partial charge on any atom is 0.407 e. The van der Waals surface area contributed by atoms with E-state index in [2.05, 4.69) is 15.3 Å². The SMILES string of the molecule is O=C(NCCc1nc2ccccc2[nH]1)OCC1CCc2ccccc2N1S(=O)(=O)c1ccc(Cl)cc1. The first kappa shape index (κ1) is 24.1. The van der Waals surface area contributed by atoms with Crippen molar-refractivity contribution in [3.8, 4) is 0 Å². The van der Waals surface area contributed by atoms with E-state index in [0.29, 0.717) is 36.5 Å². The number of nitrogens with zero attached hydrogens (tertiary/aromatic N) is 2. The Balaban J connectivity index is 1.25. The Morgan fingerprint density at radius 1 is 1.08 bits per heavy atom. The number of ether oxygens (including phenoxy) is 1. The molecule has 10 heteroatoms. The van der Waals surface area contributed by atoms with Crippen LogP contribution in [0, 0.1) is 0 Å². The zero-order valence-corrected chi connectivity index (χ0v) is 20.9. The van der Waals surface area contributed by atoms with Gasteiger partial charge in [-0.05, 0) is 60.9 Å². The average Bonchev–Trinajstić information content (AvgIpc) is 3.30. The van der Waals surface area contributed by atoms with Gasteiger partial charge in [-0.25, -0.2) is 18.2 Å². The molecule has 3 aromatic carbocycles. The van der Waals surface area contributed by atoms with Gasteiger partial charge in [0, 0.05) is 18.0 Å². The smallest absolute Gasteiger partial charge is 0.407 e. The highest BCUT2D eigenvalue weighted by molar-refractivity contribution is 7.92. The van der Waals surface area contributed by atoms with Gasteiger partial charge in [0.25, 0.3) is 10.0 Å². The van der Waals surface area contributed by atoms with Gasteiger partial charge in [-0.3, -0.25) is 4.31 Å². The van der Waals surface area contributed by atoms with Crippen molar-refractivity contribution in [1.29, 1.82) is 0 Å². The summed E-state index contributed by atoms with van der Waals surface area (Å²) in [6.45, 7) is 0.260. The number of hydrogen-bond acceptors (Lipinski definition) is 5. The van der Waals surface area contributed by atoms with Crippen LogP contribution in [-0.4, -0.2) is 43.7 Å². The summed E-state index contributed by atoms with van der Waals surface area (Å²) in [7, 11) is -3.90. The Hall–Kier alpha value is -3.56. The zero-order chi connectivity index (χ0) is 25.1. The summed E-state index contributed by atoms with van der Waals surface area (Å²) in [6.07, 6.45) is 1.12. The van der Waals surface area contributed by atoms with E-state index in [0.717, 1.165) is 22.4 Å². The van der Waals surface area contributed by atoms with Gasteiger partial charge in [0.2, 0.25) is 0 Å². The van der Waals surface area contributed by atoms with Gasteiger partial charge in [0.1, 0.15) is 12.4 Å². The van der Waals surface area contributed by atoms with Crippen molar-refractivity contribution >= 4 is 44.4 Å². The number of anilines is 1. The van der Waals surface area contributed by atoms with E-state index in [4.69, 9.17) is 16.3 Å². The molecule has 0 fully saturated rings. The summed E-state index contributed by atoms with van der Waals surface area (Å²) >= 11 is 5.96. The molecule has 5 rings (SSSR count). The number of H-pyrrole nitrogens is 1. The third kappa shape index (κ3) is 5.03. The number of benzene rings is 3. The van der Waals surface area contributed by atoms with Gasteiger partial charge in [0.15, 0.2) is 0 Å². The standard InChI is InChI=1S/C26H25ClN4O4S/c27-19-10-13-21(14-11-19)36(33,34)31-20(12-9-18-5-1-4-8-24(18)31)17-35-26(32)28-16-15-25-29-22-6-2-3-7-23(22)30-25/h1-8,10-11,13-14,20H,9,12,15-17H2,(H,28,32)(H,29,30). The zero-order valence-electron chi connectivity index (χ0n) is 19.4. The molecule has 186 valence electrons. The molecule has 36 heavy (non-hydrogen) atoms. The quantitative estimate of drug-likeness (QED) is 0.365. The number of sulfonamides is 1. The Morgan fingerprint density at radius 2 is 1.83 bits per heavy atom. The molecule has 8 nitrogen and oxygen atoms in total. The predicted molar refractivity (Wildman–Crippen MR) is 139 cm³/mol. The number of para-hydroxylation sites is 3. The fourth-order valence-corrected chi connectivity index (χ4v) is 6.23. The van der Waals surface area contributed by atoms with E-state index in [1.165, 1.54) is 16.4 Å².